The Bertz CT molecular complexity index is 750. The van der Waals surface area contributed by atoms with E-state index >= 15 is 0 Å². The van der Waals surface area contributed by atoms with Crippen molar-refractivity contribution in [2.45, 2.75) is 25.3 Å². The maximum Gasteiger partial charge on any atom is 0.161 e. The van der Waals surface area contributed by atoms with Crippen molar-refractivity contribution in [3.05, 3.63) is 30.3 Å². The van der Waals surface area contributed by atoms with Crippen molar-refractivity contribution in [3.63, 3.8) is 0 Å². The van der Waals surface area contributed by atoms with E-state index in [1.807, 2.05) is 24.3 Å². The average Bonchev–Trinajstić information content (AvgIpc) is 2.73. The summed E-state index contributed by atoms with van der Waals surface area (Å²) in [4.78, 5) is 5.00. The number of methoxy groups -OCH3 is 2. The third-order valence-corrected chi connectivity index (χ3v) is 5.49. The van der Waals surface area contributed by atoms with Crippen LogP contribution in [0.1, 0.15) is 19.3 Å². The third-order valence-electron chi connectivity index (χ3n) is 5.49. The number of piperidine rings is 1. The van der Waals surface area contributed by atoms with Crippen LogP contribution in [-0.2, 0) is 0 Å². The molecule has 3 heterocycles. The molecule has 0 spiro atoms. The number of ether oxygens (including phenoxy) is 2. The SMILES string of the molecule is COc1ccc(-c2ccc(N3CCN4CCCCC4C3)nn2)cc1OC. The summed E-state index contributed by atoms with van der Waals surface area (Å²) >= 11 is 0. The first-order valence-corrected chi connectivity index (χ1v) is 9.33. The highest BCUT2D eigenvalue weighted by Gasteiger charge is 2.29. The first kappa shape index (κ1) is 17.1. The van der Waals surface area contributed by atoms with Gasteiger partial charge in [0.25, 0.3) is 0 Å². The smallest absolute Gasteiger partial charge is 0.161 e. The summed E-state index contributed by atoms with van der Waals surface area (Å²) in [5, 5.41) is 8.96. The van der Waals surface area contributed by atoms with Crippen LogP contribution >= 0.6 is 0 Å². The van der Waals surface area contributed by atoms with Crippen LogP contribution in [-0.4, -0.2) is 61.5 Å². The number of benzene rings is 1. The Labute approximate surface area is 154 Å². The first-order valence-electron chi connectivity index (χ1n) is 9.33. The highest BCUT2D eigenvalue weighted by atomic mass is 16.5. The van der Waals surface area contributed by atoms with E-state index in [1.165, 1.54) is 25.8 Å². The van der Waals surface area contributed by atoms with E-state index in [2.05, 4.69) is 26.1 Å². The van der Waals surface area contributed by atoms with Crippen molar-refractivity contribution in [1.82, 2.24) is 15.1 Å². The highest BCUT2D eigenvalue weighted by Crippen LogP contribution is 2.32. The average molecular weight is 354 g/mol. The number of rotatable bonds is 4. The van der Waals surface area contributed by atoms with Gasteiger partial charge in [0, 0.05) is 31.2 Å². The molecule has 1 aromatic heterocycles. The molecule has 1 atom stereocenters. The van der Waals surface area contributed by atoms with Crippen LogP contribution in [0.15, 0.2) is 30.3 Å². The van der Waals surface area contributed by atoms with E-state index in [4.69, 9.17) is 9.47 Å². The van der Waals surface area contributed by atoms with Gasteiger partial charge in [-0.2, -0.15) is 0 Å². The lowest BCUT2D eigenvalue weighted by atomic mass is 9.99. The van der Waals surface area contributed by atoms with Gasteiger partial charge in [0.2, 0.25) is 0 Å². The predicted octanol–water partition coefficient (Wildman–Crippen LogP) is 2.84. The summed E-state index contributed by atoms with van der Waals surface area (Å²) < 4.78 is 10.7. The van der Waals surface area contributed by atoms with Crippen molar-refractivity contribution < 1.29 is 9.47 Å². The summed E-state index contributed by atoms with van der Waals surface area (Å²) in [5.74, 6) is 2.38. The second-order valence-corrected chi connectivity index (χ2v) is 6.98. The Hall–Kier alpha value is -2.34. The first-order chi connectivity index (χ1) is 12.8. The van der Waals surface area contributed by atoms with Crippen LogP contribution in [0.25, 0.3) is 11.3 Å². The minimum absolute atomic E-state index is 0.671. The summed E-state index contributed by atoms with van der Waals surface area (Å²) in [6.45, 7) is 4.47. The lowest BCUT2D eigenvalue weighted by Gasteiger charge is -2.44. The molecule has 2 fully saturated rings. The molecule has 2 aliphatic heterocycles. The Morgan fingerprint density at radius 3 is 2.58 bits per heavy atom. The Kier molecular flexibility index (Phi) is 4.93. The summed E-state index contributed by atoms with van der Waals surface area (Å²) in [5.41, 5.74) is 1.81. The number of hydrogen-bond acceptors (Lipinski definition) is 6. The van der Waals surface area contributed by atoms with Crippen LogP contribution in [0, 0.1) is 0 Å². The molecule has 6 heteroatoms. The van der Waals surface area contributed by atoms with Gasteiger partial charge in [-0.25, -0.2) is 0 Å². The van der Waals surface area contributed by atoms with Crippen molar-refractivity contribution in [1.29, 1.82) is 0 Å². The maximum absolute atomic E-state index is 5.38. The summed E-state index contributed by atoms with van der Waals surface area (Å²) in [6, 6.07) is 10.6. The topological polar surface area (TPSA) is 50.7 Å². The molecule has 2 aromatic rings. The molecule has 26 heavy (non-hydrogen) atoms. The van der Waals surface area contributed by atoms with E-state index in [0.717, 1.165) is 36.7 Å². The van der Waals surface area contributed by atoms with Gasteiger partial charge in [0.15, 0.2) is 17.3 Å². The van der Waals surface area contributed by atoms with E-state index in [9.17, 15) is 0 Å². The zero-order valence-electron chi connectivity index (χ0n) is 15.5. The minimum atomic E-state index is 0.671. The fourth-order valence-corrected chi connectivity index (χ4v) is 4.01. The number of anilines is 1. The molecule has 2 aliphatic rings. The fraction of sp³-hybridized carbons (Fsp3) is 0.500. The molecule has 0 saturated carbocycles. The number of nitrogens with zero attached hydrogens (tertiary/aromatic N) is 4. The summed E-state index contributed by atoms with van der Waals surface area (Å²) in [7, 11) is 3.28. The molecule has 1 aromatic carbocycles. The predicted molar refractivity (Wildman–Crippen MR) is 102 cm³/mol. The van der Waals surface area contributed by atoms with Crippen LogP contribution in [0.2, 0.25) is 0 Å². The molecule has 0 radical (unpaired) electrons. The molecule has 2 saturated heterocycles. The Morgan fingerprint density at radius 1 is 0.923 bits per heavy atom. The third kappa shape index (κ3) is 3.33. The molecule has 138 valence electrons. The monoisotopic (exact) mass is 354 g/mol. The van der Waals surface area contributed by atoms with Crippen molar-refractivity contribution in [2.24, 2.45) is 0 Å². The zero-order valence-corrected chi connectivity index (χ0v) is 15.5. The molecule has 1 unspecified atom stereocenters. The van der Waals surface area contributed by atoms with Crippen molar-refractivity contribution >= 4 is 5.82 Å². The van der Waals surface area contributed by atoms with Gasteiger partial charge in [0.05, 0.1) is 19.9 Å². The van der Waals surface area contributed by atoms with Gasteiger partial charge in [-0.3, -0.25) is 4.90 Å². The van der Waals surface area contributed by atoms with Crippen LogP contribution in [0.3, 0.4) is 0 Å². The van der Waals surface area contributed by atoms with Gasteiger partial charge < -0.3 is 14.4 Å². The molecule has 0 N–H and O–H groups in total. The number of aromatic nitrogens is 2. The zero-order chi connectivity index (χ0) is 17.9. The fourth-order valence-electron chi connectivity index (χ4n) is 4.01. The van der Waals surface area contributed by atoms with Gasteiger partial charge in [-0.15, -0.1) is 10.2 Å². The maximum atomic E-state index is 5.38. The Morgan fingerprint density at radius 2 is 1.81 bits per heavy atom. The van der Waals surface area contributed by atoms with Gasteiger partial charge in [-0.1, -0.05) is 6.42 Å². The standard InChI is InChI=1S/C20H26N4O2/c1-25-18-8-6-15(13-19(18)26-2)17-7-9-20(22-21-17)24-12-11-23-10-4-3-5-16(23)14-24/h6-9,13,16H,3-5,10-12,14H2,1-2H3. The molecular formula is C20H26N4O2. The summed E-state index contributed by atoms with van der Waals surface area (Å²) in [6.07, 6.45) is 3.99. The molecule has 0 amide bonds. The molecule has 0 bridgehead atoms. The van der Waals surface area contributed by atoms with Gasteiger partial charge in [-0.05, 0) is 49.7 Å². The van der Waals surface area contributed by atoms with E-state index in [0.29, 0.717) is 17.5 Å². The minimum Gasteiger partial charge on any atom is -0.493 e. The molecule has 0 aliphatic carbocycles. The van der Waals surface area contributed by atoms with E-state index < -0.39 is 0 Å². The van der Waals surface area contributed by atoms with Gasteiger partial charge in [0.1, 0.15) is 0 Å². The second kappa shape index (κ2) is 7.50. The van der Waals surface area contributed by atoms with Crippen molar-refractivity contribution in [3.8, 4) is 22.8 Å². The Balaban J connectivity index is 1.50. The van der Waals surface area contributed by atoms with E-state index in [1.54, 1.807) is 14.2 Å². The molecule has 6 nitrogen and oxygen atoms in total. The number of fused-ring (bicyclic) bond motifs is 1. The van der Waals surface area contributed by atoms with Crippen LogP contribution in [0.4, 0.5) is 5.82 Å². The van der Waals surface area contributed by atoms with Crippen LogP contribution in [0.5, 0.6) is 11.5 Å². The van der Waals surface area contributed by atoms with E-state index in [-0.39, 0.29) is 0 Å². The quantitative estimate of drug-likeness (QED) is 0.842. The van der Waals surface area contributed by atoms with Crippen LogP contribution < -0.4 is 14.4 Å². The lowest BCUT2D eigenvalue weighted by molar-refractivity contribution is 0.133. The lowest BCUT2D eigenvalue weighted by Crippen LogP contribution is -2.55. The number of piperazine rings is 1. The second-order valence-electron chi connectivity index (χ2n) is 6.98. The number of hydrogen-bond donors (Lipinski definition) is 0. The largest absolute Gasteiger partial charge is 0.493 e. The van der Waals surface area contributed by atoms with Crippen molar-refractivity contribution in [2.75, 3.05) is 45.3 Å². The van der Waals surface area contributed by atoms with Gasteiger partial charge >= 0.3 is 0 Å². The molecule has 4 rings (SSSR count). The highest BCUT2D eigenvalue weighted by molar-refractivity contribution is 5.64. The molecular weight excluding hydrogens is 328 g/mol. The normalized spacial score (nSPS) is 20.5.